The average molecular weight is 345 g/mol. The summed E-state index contributed by atoms with van der Waals surface area (Å²) in [6, 6.07) is 9.77. The van der Waals surface area contributed by atoms with Crippen LogP contribution in [-0.2, 0) is 12.3 Å². The first kappa shape index (κ1) is 17.0. The van der Waals surface area contributed by atoms with Crippen LogP contribution in [0.2, 0.25) is 0 Å². The molecule has 1 aliphatic heterocycles. The summed E-state index contributed by atoms with van der Waals surface area (Å²) < 4.78 is 5.59. The number of amides is 1. The van der Waals surface area contributed by atoms with Crippen molar-refractivity contribution in [2.24, 2.45) is 0 Å². The van der Waals surface area contributed by atoms with Gasteiger partial charge in [-0.2, -0.15) is 11.8 Å². The standard InChI is InChI=1S/C18H23N3O2S/c1-24-13-16-7-8-17(23-16)18(22)20-15-6-4-10-21(12-15)11-14-5-2-3-9-19-14/h2-3,5,7-9,15H,4,6,10-13H2,1H3,(H,20,22). The van der Waals surface area contributed by atoms with Crippen molar-refractivity contribution in [3.05, 3.63) is 53.7 Å². The van der Waals surface area contributed by atoms with E-state index in [0.29, 0.717) is 5.76 Å². The highest BCUT2D eigenvalue weighted by Gasteiger charge is 2.23. The average Bonchev–Trinajstić information content (AvgIpc) is 3.05. The van der Waals surface area contributed by atoms with E-state index >= 15 is 0 Å². The number of furan rings is 1. The van der Waals surface area contributed by atoms with Crippen molar-refractivity contribution in [2.75, 3.05) is 19.3 Å². The van der Waals surface area contributed by atoms with Crippen LogP contribution in [0.15, 0.2) is 40.9 Å². The Morgan fingerprint density at radius 2 is 2.33 bits per heavy atom. The predicted octanol–water partition coefficient (Wildman–Crippen LogP) is 2.93. The molecular formula is C18H23N3O2S. The highest BCUT2D eigenvalue weighted by molar-refractivity contribution is 7.97. The van der Waals surface area contributed by atoms with Crippen LogP contribution in [-0.4, -0.2) is 41.2 Å². The van der Waals surface area contributed by atoms with Crippen molar-refractivity contribution in [3.8, 4) is 0 Å². The topological polar surface area (TPSA) is 58.4 Å². The van der Waals surface area contributed by atoms with Crippen molar-refractivity contribution in [2.45, 2.75) is 31.2 Å². The third-order valence-electron chi connectivity index (χ3n) is 4.12. The number of nitrogens with one attached hydrogen (secondary N) is 1. The van der Waals surface area contributed by atoms with Crippen molar-refractivity contribution in [1.29, 1.82) is 0 Å². The molecule has 0 saturated carbocycles. The molecule has 6 heteroatoms. The molecule has 1 atom stereocenters. The molecule has 3 rings (SSSR count). The number of hydrogen-bond acceptors (Lipinski definition) is 5. The zero-order chi connectivity index (χ0) is 16.8. The van der Waals surface area contributed by atoms with E-state index in [-0.39, 0.29) is 11.9 Å². The van der Waals surface area contributed by atoms with E-state index in [1.54, 1.807) is 17.8 Å². The van der Waals surface area contributed by atoms with Gasteiger partial charge in [-0.25, -0.2) is 0 Å². The van der Waals surface area contributed by atoms with Gasteiger partial charge < -0.3 is 9.73 Å². The number of carbonyl (C=O) groups excluding carboxylic acids is 1. The normalized spacial score (nSPS) is 18.5. The second kappa shape index (κ2) is 8.35. The lowest BCUT2D eigenvalue weighted by Gasteiger charge is -2.32. The first-order valence-corrected chi connectivity index (χ1v) is 9.65. The molecule has 1 unspecified atom stereocenters. The zero-order valence-corrected chi connectivity index (χ0v) is 14.7. The number of rotatable bonds is 6. The number of thioether (sulfide) groups is 1. The maximum atomic E-state index is 12.4. The first-order chi connectivity index (χ1) is 11.7. The highest BCUT2D eigenvalue weighted by Crippen LogP contribution is 2.16. The quantitative estimate of drug-likeness (QED) is 0.872. The summed E-state index contributed by atoms with van der Waals surface area (Å²) >= 11 is 1.68. The molecule has 2 aromatic rings. The molecule has 0 bridgehead atoms. The minimum Gasteiger partial charge on any atom is -0.455 e. The van der Waals surface area contributed by atoms with Gasteiger partial charge >= 0.3 is 0 Å². The smallest absolute Gasteiger partial charge is 0.287 e. The summed E-state index contributed by atoms with van der Waals surface area (Å²) in [6.45, 7) is 2.72. The van der Waals surface area contributed by atoms with E-state index in [1.165, 1.54) is 0 Å². The van der Waals surface area contributed by atoms with Gasteiger partial charge in [-0.3, -0.25) is 14.7 Å². The lowest BCUT2D eigenvalue weighted by atomic mass is 10.1. The lowest BCUT2D eigenvalue weighted by Crippen LogP contribution is -2.47. The highest BCUT2D eigenvalue weighted by atomic mass is 32.2. The van der Waals surface area contributed by atoms with Crippen LogP contribution in [0.5, 0.6) is 0 Å². The fourth-order valence-electron chi connectivity index (χ4n) is 3.01. The van der Waals surface area contributed by atoms with Crippen LogP contribution < -0.4 is 5.32 Å². The van der Waals surface area contributed by atoms with Crippen LogP contribution in [0, 0.1) is 0 Å². The van der Waals surface area contributed by atoms with Crippen LogP contribution in [0.1, 0.15) is 34.9 Å². The van der Waals surface area contributed by atoms with E-state index in [1.807, 2.05) is 36.7 Å². The van der Waals surface area contributed by atoms with Crippen LogP contribution in [0.4, 0.5) is 0 Å². The summed E-state index contributed by atoms with van der Waals surface area (Å²) in [4.78, 5) is 19.1. The summed E-state index contributed by atoms with van der Waals surface area (Å²) in [5.74, 6) is 1.91. The van der Waals surface area contributed by atoms with Crippen LogP contribution in [0.3, 0.4) is 0 Å². The fraction of sp³-hybridized carbons (Fsp3) is 0.444. The minimum absolute atomic E-state index is 0.118. The Hall–Kier alpha value is -1.79. The molecule has 5 nitrogen and oxygen atoms in total. The maximum Gasteiger partial charge on any atom is 0.287 e. The molecule has 1 aliphatic rings. The monoisotopic (exact) mass is 345 g/mol. The van der Waals surface area contributed by atoms with Crippen LogP contribution in [0.25, 0.3) is 0 Å². The predicted molar refractivity (Wildman–Crippen MR) is 95.9 cm³/mol. The van der Waals surface area contributed by atoms with Gasteiger partial charge in [0.1, 0.15) is 5.76 Å². The Morgan fingerprint density at radius 3 is 3.12 bits per heavy atom. The minimum atomic E-state index is -0.118. The molecular weight excluding hydrogens is 322 g/mol. The van der Waals surface area contributed by atoms with Gasteiger partial charge in [-0.1, -0.05) is 6.07 Å². The van der Waals surface area contributed by atoms with Gasteiger partial charge in [-0.15, -0.1) is 0 Å². The fourth-order valence-corrected chi connectivity index (χ4v) is 3.45. The summed E-state index contributed by atoms with van der Waals surface area (Å²) in [7, 11) is 0. The van der Waals surface area contributed by atoms with Crippen molar-refractivity contribution in [3.63, 3.8) is 0 Å². The number of pyridine rings is 1. The number of aromatic nitrogens is 1. The molecule has 0 radical (unpaired) electrons. The maximum absolute atomic E-state index is 12.4. The Bertz CT molecular complexity index is 659. The Kier molecular flexibility index (Phi) is 5.93. The summed E-state index contributed by atoms with van der Waals surface area (Å²) in [5.41, 5.74) is 1.07. The lowest BCUT2D eigenvalue weighted by molar-refractivity contribution is 0.0871. The van der Waals surface area contributed by atoms with Gasteiger partial charge in [0, 0.05) is 25.3 Å². The number of hydrogen-bond donors (Lipinski definition) is 1. The SMILES string of the molecule is CSCc1ccc(C(=O)NC2CCCN(Cc3ccccn3)C2)o1. The molecule has 1 amide bonds. The van der Waals surface area contributed by atoms with Crippen molar-refractivity contribution >= 4 is 17.7 Å². The van der Waals surface area contributed by atoms with Gasteiger partial charge in [0.05, 0.1) is 11.4 Å². The van der Waals surface area contributed by atoms with E-state index in [9.17, 15) is 4.79 Å². The summed E-state index contributed by atoms with van der Waals surface area (Å²) in [6.07, 6.45) is 5.92. The van der Waals surface area contributed by atoms with E-state index in [0.717, 1.165) is 49.7 Å². The second-order valence-electron chi connectivity index (χ2n) is 6.07. The first-order valence-electron chi connectivity index (χ1n) is 8.25. The third-order valence-corrected chi connectivity index (χ3v) is 4.70. The molecule has 24 heavy (non-hydrogen) atoms. The largest absolute Gasteiger partial charge is 0.455 e. The molecule has 0 aliphatic carbocycles. The zero-order valence-electron chi connectivity index (χ0n) is 13.9. The molecule has 1 N–H and O–H groups in total. The van der Waals surface area contributed by atoms with E-state index < -0.39 is 0 Å². The Labute approximate surface area is 146 Å². The van der Waals surface area contributed by atoms with Crippen LogP contribution >= 0.6 is 11.8 Å². The third kappa shape index (κ3) is 4.61. The van der Waals surface area contributed by atoms with E-state index in [4.69, 9.17) is 4.42 Å². The van der Waals surface area contributed by atoms with Crippen molar-refractivity contribution in [1.82, 2.24) is 15.2 Å². The molecule has 2 aromatic heterocycles. The number of piperidine rings is 1. The molecule has 3 heterocycles. The van der Waals surface area contributed by atoms with Crippen molar-refractivity contribution < 1.29 is 9.21 Å². The number of likely N-dealkylation sites (tertiary alicyclic amines) is 1. The van der Waals surface area contributed by atoms with E-state index in [2.05, 4.69) is 15.2 Å². The Balaban J connectivity index is 1.53. The molecule has 128 valence electrons. The Morgan fingerprint density at radius 1 is 1.42 bits per heavy atom. The number of nitrogens with zero attached hydrogens (tertiary/aromatic N) is 2. The van der Waals surface area contributed by atoms with Gasteiger partial charge in [-0.05, 0) is 49.9 Å². The molecule has 0 spiro atoms. The second-order valence-corrected chi connectivity index (χ2v) is 6.93. The summed E-state index contributed by atoms with van der Waals surface area (Å²) in [5, 5.41) is 3.10. The molecule has 1 saturated heterocycles. The number of carbonyl (C=O) groups is 1. The van der Waals surface area contributed by atoms with Gasteiger partial charge in [0.25, 0.3) is 5.91 Å². The molecule has 0 aromatic carbocycles. The van der Waals surface area contributed by atoms with Gasteiger partial charge in [0.2, 0.25) is 0 Å². The van der Waals surface area contributed by atoms with Gasteiger partial charge in [0.15, 0.2) is 5.76 Å². The molecule has 1 fully saturated rings.